The summed E-state index contributed by atoms with van der Waals surface area (Å²) in [5.74, 6) is 0.988. The number of pyridine rings is 2. The Morgan fingerprint density at radius 2 is 1.94 bits per heavy atom. The summed E-state index contributed by atoms with van der Waals surface area (Å²) in [7, 11) is 0. The number of carbonyl (C=O) groups is 2. The van der Waals surface area contributed by atoms with Gasteiger partial charge in [-0.3, -0.25) is 14.6 Å². The highest BCUT2D eigenvalue weighted by Gasteiger charge is 2.27. The topological polar surface area (TPSA) is 99.0 Å². The van der Waals surface area contributed by atoms with Crippen LogP contribution in [0.5, 0.6) is 0 Å². The van der Waals surface area contributed by atoms with Crippen LogP contribution in [0, 0.1) is 24.2 Å². The number of aryl methyl sites for hydroxylation is 1. The van der Waals surface area contributed by atoms with Gasteiger partial charge in [0.15, 0.2) is 0 Å². The Hall–Kier alpha value is -4.05. The second-order valence-electron chi connectivity index (χ2n) is 9.61. The van der Waals surface area contributed by atoms with Crippen LogP contribution in [-0.2, 0) is 22.4 Å². The number of rotatable bonds is 6. The van der Waals surface area contributed by atoms with Crippen molar-refractivity contribution < 1.29 is 9.59 Å². The van der Waals surface area contributed by atoms with Gasteiger partial charge in [-0.05, 0) is 85.5 Å². The van der Waals surface area contributed by atoms with Crippen LogP contribution in [0.4, 0.5) is 5.82 Å². The highest BCUT2D eigenvalue weighted by molar-refractivity contribution is 5.91. The van der Waals surface area contributed by atoms with Gasteiger partial charge in [0.25, 0.3) is 0 Å². The zero-order valence-corrected chi connectivity index (χ0v) is 21.0. The van der Waals surface area contributed by atoms with Gasteiger partial charge in [0.2, 0.25) is 11.8 Å². The first-order valence-corrected chi connectivity index (χ1v) is 12.3. The number of likely N-dealkylation sites (tertiary alicyclic amines) is 1. The summed E-state index contributed by atoms with van der Waals surface area (Å²) in [6, 6.07) is 15.7. The monoisotopic (exact) mass is 481 g/mol. The fourth-order valence-electron chi connectivity index (χ4n) is 5.01. The maximum atomic E-state index is 12.6. The number of piperidine rings is 1. The van der Waals surface area contributed by atoms with E-state index in [1.54, 1.807) is 19.2 Å². The van der Waals surface area contributed by atoms with Crippen molar-refractivity contribution in [2.75, 3.05) is 11.9 Å². The summed E-state index contributed by atoms with van der Waals surface area (Å²) >= 11 is 0. The van der Waals surface area contributed by atoms with Gasteiger partial charge in [-0.15, -0.1) is 0 Å². The molecule has 0 spiro atoms. The van der Waals surface area contributed by atoms with E-state index in [9.17, 15) is 14.9 Å². The number of carbonyl (C=O) groups excluding carboxylic acids is 2. The molecule has 0 saturated carbocycles. The lowest BCUT2D eigenvalue weighted by Crippen LogP contribution is -2.43. The van der Waals surface area contributed by atoms with Gasteiger partial charge in [0.1, 0.15) is 5.82 Å². The third kappa shape index (κ3) is 6.14. The number of nitrogens with zero attached hydrogens (tertiary/aromatic N) is 4. The van der Waals surface area contributed by atoms with Gasteiger partial charge < -0.3 is 10.2 Å². The molecule has 1 N–H and O–H groups in total. The van der Waals surface area contributed by atoms with E-state index >= 15 is 0 Å². The summed E-state index contributed by atoms with van der Waals surface area (Å²) in [5, 5.41) is 12.5. The van der Waals surface area contributed by atoms with E-state index in [0.29, 0.717) is 17.3 Å². The van der Waals surface area contributed by atoms with E-state index in [1.165, 1.54) is 0 Å². The molecule has 0 bridgehead atoms. The standard InChI is InChI=1S/C29H31N5O2/c1-19-12-25(8-10-31-19)27-6-4-22(15-26(27)17-30)16-29(36)33-28-7-5-24(18-32-28)14-23-9-11-34(21(3)35)20(2)13-23/h4-8,10,12,15,18,20,23H,9,11,13-14,16H2,1-3H3,(H,32,33,36). The summed E-state index contributed by atoms with van der Waals surface area (Å²) in [6.07, 6.45) is 6.59. The maximum Gasteiger partial charge on any atom is 0.229 e. The second kappa shape index (κ2) is 11.1. The van der Waals surface area contributed by atoms with Crippen molar-refractivity contribution in [3.8, 4) is 17.2 Å². The number of benzene rings is 1. The third-order valence-electron chi connectivity index (χ3n) is 6.78. The van der Waals surface area contributed by atoms with E-state index in [4.69, 9.17) is 0 Å². The van der Waals surface area contributed by atoms with Crippen LogP contribution in [0.2, 0.25) is 0 Å². The lowest BCUT2D eigenvalue weighted by molar-refractivity contribution is -0.132. The number of hydrogen-bond donors (Lipinski definition) is 1. The summed E-state index contributed by atoms with van der Waals surface area (Å²) in [5.41, 5.74) is 5.05. The van der Waals surface area contributed by atoms with Crippen LogP contribution in [0.15, 0.2) is 54.9 Å². The fourth-order valence-corrected chi connectivity index (χ4v) is 5.01. The molecule has 2 aromatic heterocycles. The molecule has 2 amide bonds. The van der Waals surface area contributed by atoms with Crippen molar-refractivity contribution in [3.63, 3.8) is 0 Å². The van der Waals surface area contributed by atoms with Crippen molar-refractivity contribution in [1.29, 1.82) is 5.26 Å². The van der Waals surface area contributed by atoms with Crippen molar-refractivity contribution in [1.82, 2.24) is 14.9 Å². The molecule has 1 aliphatic heterocycles. The molecule has 3 heterocycles. The highest BCUT2D eigenvalue weighted by Crippen LogP contribution is 2.27. The predicted octanol–water partition coefficient (Wildman–Crippen LogP) is 4.69. The van der Waals surface area contributed by atoms with E-state index in [2.05, 4.69) is 28.3 Å². The predicted molar refractivity (Wildman–Crippen MR) is 139 cm³/mol. The molecule has 4 rings (SSSR count). The van der Waals surface area contributed by atoms with Gasteiger partial charge >= 0.3 is 0 Å². The summed E-state index contributed by atoms with van der Waals surface area (Å²) in [4.78, 5) is 34.9. The fraction of sp³-hybridized carbons (Fsp3) is 0.345. The largest absolute Gasteiger partial charge is 0.340 e. The van der Waals surface area contributed by atoms with Crippen molar-refractivity contribution in [2.24, 2.45) is 5.92 Å². The molecular formula is C29H31N5O2. The lowest BCUT2D eigenvalue weighted by Gasteiger charge is -2.37. The molecular weight excluding hydrogens is 450 g/mol. The molecule has 2 atom stereocenters. The van der Waals surface area contributed by atoms with E-state index < -0.39 is 0 Å². The highest BCUT2D eigenvalue weighted by atomic mass is 16.2. The number of aromatic nitrogens is 2. The van der Waals surface area contributed by atoms with E-state index in [0.717, 1.165) is 53.8 Å². The van der Waals surface area contributed by atoms with Gasteiger partial charge in [-0.2, -0.15) is 5.26 Å². The first-order chi connectivity index (χ1) is 17.3. The smallest absolute Gasteiger partial charge is 0.229 e. The lowest BCUT2D eigenvalue weighted by atomic mass is 9.87. The van der Waals surface area contributed by atoms with Crippen molar-refractivity contribution in [2.45, 2.75) is 52.5 Å². The van der Waals surface area contributed by atoms with E-state index in [1.807, 2.05) is 54.4 Å². The maximum absolute atomic E-state index is 12.6. The second-order valence-corrected chi connectivity index (χ2v) is 9.61. The molecule has 3 aromatic rings. The van der Waals surface area contributed by atoms with Gasteiger partial charge in [0.05, 0.1) is 18.1 Å². The third-order valence-corrected chi connectivity index (χ3v) is 6.78. The normalized spacial score (nSPS) is 17.3. The number of nitriles is 1. The Labute approximate surface area is 212 Å². The molecule has 1 aliphatic rings. The molecule has 2 unspecified atom stereocenters. The minimum atomic E-state index is -0.183. The molecule has 0 aliphatic carbocycles. The number of nitrogens with one attached hydrogen (secondary N) is 1. The van der Waals surface area contributed by atoms with Crippen LogP contribution < -0.4 is 5.32 Å². The van der Waals surface area contributed by atoms with E-state index in [-0.39, 0.29) is 24.3 Å². The Balaban J connectivity index is 1.34. The first-order valence-electron chi connectivity index (χ1n) is 12.3. The molecule has 184 valence electrons. The summed E-state index contributed by atoms with van der Waals surface area (Å²) in [6.45, 7) is 6.46. The average Bonchev–Trinajstić information content (AvgIpc) is 2.85. The van der Waals surface area contributed by atoms with Gasteiger partial charge in [-0.1, -0.05) is 18.2 Å². The van der Waals surface area contributed by atoms with Crippen molar-refractivity contribution in [3.05, 3.63) is 77.2 Å². The average molecular weight is 482 g/mol. The minimum Gasteiger partial charge on any atom is -0.340 e. The van der Waals surface area contributed by atoms with Gasteiger partial charge in [0, 0.05) is 37.6 Å². The number of anilines is 1. The van der Waals surface area contributed by atoms with Gasteiger partial charge in [-0.25, -0.2) is 4.98 Å². The molecule has 1 fully saturated rings. The number of hydrogen-bond acceptors (Lipinski definition) is 5. The molecule has 36 heavy (non-hydrogen) atoms. The molecule has 1 saturated heterocycles. The SMILES string of the molecule is CC(=O)N1CCC(Cc2ccc(NC(=O)Cc3ccc(-c4ccnc(C)c4)c(C#N)c3)nc2)CC1C. The van der Waals surface area contributed by atoms with Crippen LogP contribution in [0.1, 0.15) is 49.1 Å². The Morgan fingerprint density at radius 3 is 2.61 bits per heavy atom. The quantitative estimate of drug-likeness (QED) is 0.550. The minimum absolute atomic E-state index is 0.145. The molecule has 1 aromatic carbocycles. The molecule has 0 radical (unpaired) electrons. The first kappa shape index (κ1) is 25.1. The van der Waals surface area contributed by atoms with Crippen LogP contribution in [0.25, 0.3) is 11.1 Å². The zero-order chi connectivity index (χ0) is 25.7. The number of amides is 2. The zero-order valence-electron chi connectivity index (χ0n) is 21.0. The Kier molecular flexibility index (Phi) is 7.74. The van der Waals surface area contributed by atoms with Crippen molar-refractivity contribution >= 4 is 17.6 Å². The molecule has 7 heteroatoms. The van der Waals surface area contributed by atoms with Crippen LogP contribution >= 0.6 is 0 Å². The Morgan fingerprint density at radius 1 is 1.14 bits per heavy atom. The Bertz CT molecular complexity index is 1300. The summed E-state index contributed by atoms with van der Waals surface area (Å²) < 4.78 is 0. The molecule has 7 nitrogen and oxygen atoms in total. The van der Waals surface area contributed by atoms with Crippen LogP contribution in [0.3, 0.4) is 0 Å². The van der Waals surface area contributed by atoms with Crippen LogP contribution in [-0.4, -0.2) is 39.3 Å².